The van der Waals surface area contributed by atoms with Crippen molar-refractivity contribution in [1.82, 2.24) is 10.1 Å². The molecule has 1 N–H and O–H groups in total. The predicted molar refractivity (Wildman–Crippen MR) is 111 cm³/mol. The number of hydrogen-bond donors (Lipinski definition) is 1. The lowest BCUT2D eigenvalue weighted by Gasteiger charge is -2.14. The fraction of sp³-hybridized carbons (Fsp3) is 0.238. The number of cyclic esters (lactones) is 2. The van der Waals surface area contributed by atoms with Crippen molar-refractivity contribution in [2.45, 2.75) is 6.10 Å². The van der Waals surface area contributed by atoms with Crippen molar-refractivity contribution in [3.63, 3.8) is 0 Å². The van der Waals surface area contributed by atoms with Gasteiger partial charge in [-0.2, -0.15) is 0 Å². The van der Waals surface area contributed by atoms with E-state index >= 15 is 0 Å². The Balaban J connectivity index is 1.23. The van der Waals surface area contributed by atoms with Crippen molar-refractivity contribution in [2.75, 3.05) is 41.4 Å². The van der Waals surface area contributed by atoms with Crippen LogP contribution in [-0.2, 0) is 9.47 Å². The number of nitrogens with one attached hydrogen (secondary N) is 1. The Labute approximate surface area is 177 Å². The second-order valence-electron chi connectivity index (χ2n) is 7.10. The number of hydrogen-bond acceptors (Lipinski definition) is 8. The number of aromatic nitrogens is 2. The lowest BCUT2D eigenvalue weighted by molar-refractivity contribution is 0.147. The molecule has 2 fully saturated rings. The van der Waals surface area contributed by atoms with Gasteiger partial charge in [-0.05, 0) is 29.8 Å². The van der Waals surface area contributed by atoms with Gasteiger partial charge in [-0.3, -0.25) is 9.80 Å². The topological polar surface area (TPSA) is 110 Å². The Kier molecular flexibility index (Phi) is 4.87. The number of benzene rings is 1. The Bertz CT molecular complexity index is 1070. The quantitative estimate of drug-likeness (QED) is 0.646. The fourth-order valence-electron chi connectivity index (χ4n) is 3.51. The van der Waals surface area contributed by atoms with E-state index in [1.54, 1.807) is 23.2 Å². The number of nitrogens with zero attached hydrogens (tertiary/aromatic N) is 4. The largest absolute Gasteiger partial charge is 0.447 e. The zero-order valence-electron chi connectivity index (χ0n) is 16.4. The van der Waals surface area contributed by atoms with Crippen molar-refractivity contribution in [3.8, 4) is 11.1 Å². The van der Waals surface area contributed by atoms with Gasteiger partial charge in [-0.1, -0.05) is 17.3 Å². The molecule has 0 spiro atoms. The van der Waals surface area contributed by atoms with E-state index in [-0.39, 0.29) is 18.3 Å². The Morgan fingerprint density at radius 3 is 2.52 bits per heavy atom. The van der Waals surface area contributed by atoms with Gasteiger partial charge in [-0.15, -0.1) is 0 Å². The number of carbonyl (C=O) groups is 2. The van der Waals surface area contributed by atoms with Gasteiger partial charge in [0.1, 0.15) is 24.8 Å². The van der Waals surface area contributed by atoms with Crippen molar-refractivity contribution < 1.29 is 23.6 Å². The highest BCUT2D eigenvalue weighted by Gasteiger charge is 2.32. The highest BCUT2D eigenvalue weighted by molar-refractivity contribution is 5.90. The van der Waals surface area contributed by atoms with Gasteiger partial charge in [0.15, 0.2) is 5.82 Å². The van der Waals surface area contributed by atoms with Gasteiger partial charge < -0.3 is 19.3 Å². The molecule has 2 aliphatic rings. The van der Waals surface area contributed by atoms with Crippen molar-refractivity contribution in [2.24, 2.45) is 0 Å². The zero-order chi connectivity index (χ0) is 21.2. The van der Waals surface area contributed by atoms with Crippen LogP contribution in [0.4, 0.5) is 26.9 Å². The normalized spacial score (nSPS) is 18.3. The molecular weight excluding hydrogens is 402 g/mol. The first-order chi connectivity index (χ1) is 15.2. The molecule has 31 heavy (non-hydrogen) atoms. The standard InChI is InChI=1S/C21H19N5O5/c27-20-25(8-10-29-20)19-6-3-15(11-23-19)14-1-4-16(5-2-14)26-13-17(31-21(26)28)12-22-18-7-9-30-24-18/h1-7,9,11,17H,8,10,12-13H2,(H,22,24). The molecule has 10 heteroatoms. The highest BCUT2D eigenvalue weighted by Crippen LogP contribution is 2.27. The van der Waals surface area contributed by atoms with E-state index < -0.39 is 0 Å². The fourth-order valence-corrected chi connectivity index (χ4v) is 3.51. The number of rotatable bonds is 6. The summed E-state index contributed by atoms with van der Waals surface area (Å²) in [5.41, 5.74) is 2.60. The minimum Gasteiger partial charge on any atom is -0.447 e. The molecule has 0 saturated carbocycles. The lowest BCUT2D eigenvalue weighted by atomic mass is 10.1. The molecule has 5 rings (SSSR count). The van der Waals surface area contributed by atoms with Crippen LogP contribution in [0.5, 0.6) is 0 Å². The van der Waals surface area contributed by atoms with Crippen LogP contribution in [0.2, 0.25) is 0 Å². The van der Waals surface area contributed by atoms with Crippen LogP contribution >= 0.6 is 0 Å². The second-order valence-corrected chi connectivity index (χ2v) is 7.10. The minimum absolute atomic E-state index is 0.294. The number of anilines is 3. The highest BCUT2D eigenvalue weighted by atomic mass is 16.6. The first-order valence-corrected chi connectivity index (χ1v) is 9.80. The summed E-state index contributed by atoms with van der Waals surface area (Å²) < 4.78 is 15.1. The van der Waals surface area contributed by atoms with E-state index in [0.29, 0.717) is 37.9 Å². The number of ether oxygens (including phenoxy) is 2. The summed E-state index contributed by atoms with van der Waals surface area (Å²) in [6.45, 7) is 1.75. The van der Waals surface area contributed by atoms with E-state index in [9.17, 15) is 9.59 Å². The molecule has 2 aromatic heterocycles. The third-order valence-corrected chi connectivity index (χ3v) is 5.12. The summed E-state index contributed by atoms with van der Waals surface area (Å²) in [6.07, 6.45) is 2.13. The van der Waals surface area contributed by atoms with E-state index in [1.807, 2.05) is 30.3 Å². The van der Waals surface area contributed by atoms with Crippen LogP contribution in [0.3, 0.4) is 0 Å². The van der Waals surface area contributed by atoms with Crippen molar-refractivity contribution in [1.29, 1.82) is 0 Å². The van der Waals surface area contributed by atoms with Crippen LogP contribution in [0.25, 0.3) is 11.1 Å². The Morgan fingerprint density at radius 2 is 1.84 bits per heavy atom. The van der Waals surface area contributed by atoms with Gasteiger partial charge >= 0.3 is 12.2 Å². The summed E-state index contributed by atoms with van der Waals surface area (Å²) in [7, 11) is 0. The molecule has 10 nitrogen and oxygen atoms in total. The smallest absolute Gasteiger partial charge is 0.415 e. The molecular formula is C21H19N5O5. The molecule has 1 aromatic carbocycles. The average molecular weight is 421 g/mol. The summed E-state index contributed by atoms with van der Waals surface area (Å²) in [5.74, 6) is 1.16. The molecule has 158 valence electrons. The second kappa shape index (κ2) is 7.98. The van der Waals surface area contributed by atoms with Gasteiger partial charge in [-0.25, -0.2) is 14.6 Å². The van der Waals surface area contributed by atoms with Crippen LogP contribution in [0, 0.1) is 0 Å². The lowest BCUT2D eigenvalue weighted by Crippen LogP contribution is -2.27. The maximum atomic E-state index is 12.3. The summed E-state index contributed by atoms with van der Waals surface area (Å²) in [6, 6.07) is 13.0. The third kappa shape index (κ3) is 3.87. The van der Waals surface area contributed by atoms with Crippen molar-refractivity contribution >= 4 is 29.5 Å². The summed E-state index contributed by atoms with van der Waals surface area (Å²) >= 11 is 0. The average Bonchev–Trinajstić information content (AvgIpc) is 3.54. The summed E-state index contributed by atoms with van der Waals surface area (Å²) in [4.78, 5) is 31.4. The Hall–Kier alpha value is -4.08. The number of amides is 2. The molecule has 2 aliphatic heterocycles. The predicted octanol–water partition coefficient (Wildman–Crippen LogP) is 3.13. The van der Waals surface area contributed by atoms with Crippen LogP contribution in [0.15, 0.2) is 59.4 Å². The van der Waals surface area contributed by atoms with E-state index in [1.165, 1.54) is 11.2 Å². The third-order valence-electron chi connectivity index (χ3n) is 5.12. The Morgan fingerprint density at radius 1 is 1.00 bits per heavy atom. The maximum absolute atomic E-state index is 12.3. The first kappa shape index (κ1) is 18.9. The number of pyridine rings is 1. The molecule has 0 radical (unpaired) electrons. The molecule has 0 bridgehead atoms. The molecule has 1 unspecified atom stereocenters. The van der Waals surface area contributed by atoms with Crippen LogP contribution in [-0.4, -0.2) is 54.7 Å². The monoisotopic (exact) mass is 421 g/mol. The van der Waals surface area contributed by atoms with E-state index in [0.717, 1.165) is 16.8 Å². The first-order valence-electron chi connectivity index (χ1n) is 9.80. The van der Waals surface area contributed by atoms with E-state index in [2.05, 4.69) is 15.5 Å². The van der Waals surface area contributed by atoms with Gasteiger partial charge in [0, 0.05) is 23.5 Å². The molecule has 1 atom stereocenters. The molecule has 2 saturated heterocycles. The molecule has 0 aliphatic carbocycles. The van der Waals surface area contributed by atoms with Gasteiger partial charge in [0.25, 0.3) is 0 Å². The van der Waals surface area contributed by atoms with Gasteiger partial charge in [0.2, 0.25) is 0 Å². The van der Waals surface area contributed by atoms with Crippen LogP contribution in [0.1, 0.15) is 0 Å². The minimum atomic E-state index is -0.386. The molecule has 3 aromatic rings. The van der Waals surface area contributed by atoms with Crippen molar-refractivity contribution in [3.05, 3.63) is 54.9 Å². The number of carbonyl (C=O) groups excluding carboxylic acids is 2. The van der Waals surface area contributed by atoms with E-state index in [4.69, 9.17) is 14.0 Å². The zero-order valence-corrected chi connectivity index (χ0v) is 16.4. The SMILES string of the molecule is O=C1OC(CNc2ccon2)CN1c1ccc(-c2ccc(N3CCOC3=O)nc2)cc1. The van der Waals surface area contributed by atoms with Crippen LogP contribution < -0.4 is 15.1 Å². The maximum Gasteiger partial charge on any atom is 0.415 e. The molecule has 4 heterocycles. The molecule has 2 amide bonds. The van der Waals surface area contributed by atoms with Gasteiger partial charge in [0.05, 0.1) is 19.6 Å². The summed E-state index contributed by atoms with van der Waals surface area (Å²) in [5, 5.41) is 6.84.